The number of aliphatic hydroxyl groups excluding tert-OH is 3. The Bertz CT molecular complexity index is 1620. The third-order valence-electron chi connectivity index (χ3n) is 8.29. The molecule has 1 aliphatic heterocycles. The Morgan fingerprint density at radius 2 is 1.20 bits per heavy atom. The summed E-state index contributed by atoms with van der Waals surface area (Å²) < 4.78 is 16.7. The van der Waals surface area contributed by atoms with Gasteiger partial charge in [-0.05, 0) is 69.1 Å². The van der Waals surface area contributed by atoms with Crippen molar-refractivity contribution in [2.75, 3.05) is 6.61 Å². The second-order valence-electron chi connectivity index (χ2n) is 12.7. The SMILES string of the molecule is CC/C=C\C/C=C\C/C=C\C/C=C\C/C=C\C/C=C\CCC(=O)CO[C@H]1O[C@@H](Oc2cc(O)cc(O)c2C(=O)CCc2ccc(O)cc2)[C@H](O)[C@@H](O)[C@@H]1O. The molecule has 1 aliphatic rings. The molecular formula is C43H54O11. The number of aromatic hydroxyl groups is 3. The number of ketones is 2. The Morgan fingerprint density at radius 1 is 0.667 bits per heavy atom. The lowest BCUT2D eigenvalue weighted by Gasteiger charge is -2.39. The first-order valence-corrected chi connectivity index (χ1v) is 18.4. The fraction of sp³-hybridized carbons (Fsp3) is 0.395. The number of hydrogen-bond donors (Lipinski definition) is 6. The molecule has 11 heteroatoms. The molecule has 0 aliphatic carbocycles. The molecule has 0 radical (unpaired) electrons. The lowest BCUT2D eigenvalue weighted by molar-refractivity contribution is -0.331. The van der Waals surface area contributed by atoms with Crippen molar-refractivity contribution in [1.82, 2.24) is 0 Å². The van der Waals surface area contributed by atoms with Crippen LogP contribution in [0.15, 0.2) is 109 Å². The number of Topliss-reactive ketones (excluding diaryl/α,β-unsaturated/α-hetero) is 2. The number of allylic oxidation sites excluding steroid dienone is 12. The van der Waals surface area contributed by atoms with Crippen molar-refractivity contribution >= 4 is 11.6 Å². The smallest absolute Gasteiger partial charge is 0.231 e. The van der Waals surface area contributed by atoms with E-state index in [-0.39, 0.29) is 42.1 Å². The monoisotopic (exact) mass is 746 g/mol. The largest absolute Gasteiger partial charge is 0.508 e. The highest BCUT2D eigenvalue weighted by Crippen LogP contribution is 2.36. The van der Waals surface area contributed by atoms with E-state index in [1.54, 1.807) is 12.1 Å². The van der Waals surface area contributed by atoms with Gasteiger partial charge in [0.1, 0.15) is 53.5 Å². The quantitative estimate of drug-likeness (QED) is 0.0518. The third-order valence-corrected chi connectivity index (χ3v) is 8.29. The zero-order chi connectivity index (χ0) is 39.1. The van der Waals surface area contributed by atoms with Gasteiger partial charge < -0.3 is 44.8 Å². The molecule has 0 amide bonds. The number of aryl methyl sites for hydroxylation is 1. The molecule has 1 fully saturated rings. The number of rotatable bonds is 23. The summed E-state index contributed by atoms with van der Waals surface area (Å²) in [4.78, 5) is 25.6. The lowest BCUT2D eigenvalue weighted by atomic mass is 10.0. The molecule has 0 bridgehead atoms. The van der Waals surface area contributed by atoms with Crippen LogP contribution in [0.3, 0.4) is 0 Å². The highest BCUT2D eigenvalue weighted by atomic mass is 16.8. The first-order valence-electron chi connectivity index (χ1n) is 18.4. The van der Waals surface area contributed by atoms with Crippen LogP contribution in [-0.2, 0) is 20.7 Å². The normalized spacial score (nSPS) is 20.8. The Kier molecular flexibility index (Phi) is 19.8. The van der Waals surface area contributed by atoms with Gasteiger partial charge in [0.05, 0.1) is 0 Å². The van der Waals surface area contributed by atoms with E-state index in [9.17, 15) is 40.2 Å². The zero-order valence-corrected chi connectivity index (χ0v) is 30.8. The van der Waals surface area contributed by atoms with Crippen molar-refractivity contribution in [3.05, 3.63) is 120 Å². The average molecular weight is 747 g/mol. The van der Waals surface area contributed by atoms with E-state index in [1.165, 1.54) is 12.1 Å². The highest BCUT2D eigenvalue weighted by Gasteiger charge is 2.46. The van der Waals surface area contributed by atoms with Gasteiger partial charge in [0, 0.05) is 25.0 Å². The van der Waals surface area contributed by atoms with Gasteiger partial charge in [-0.3, -0.25) is 9.59 Å². The molecule has 11 nitrogen and oxygen atoms in total. The molecular weight excluding hydrogens is 692 g/mol. The van der Waals surface area contributed by atoms with E-state index in [4.69, 9.17) is 14.2 Å². The van der Waals surface area contributed by atoms with E-state index >= 15 is 0 Å². The topological polar surface area (TPSA) is 183 Å². The number of carbonyl (C=O) groups is 2. The van der Waals surface area contributed by atoms with Gasteiger partial charge in [0.2, 0.25) is 6.29 Å². The minimum absolute atomic E-state index is 0.0721. The molecule has 5 atom stereocenters. The number of ether oxygens (including phenoxy) is 3. The summed E-state index contributed by atoms with van der Waals surface area (Å²) in [6.45, 7) is 1.68. The molecule has 0 saturated carbocycles. The van der Waals surface area contributed by atoms with Gasteiger partial charge in [-0.25, -0.2) is 0 Å². The van der Waals surface area contributed by atoms with Crippen LogP contribution >= 0.6 is 0 Å². The van der Waals surface area contributed by atoms with Crippen molar-refractivity contribution in [2.24, 2.45) is 0 Å². The van der Waals surface area contributed by atoms with Crippen LogP contribution < -0.4 is 4.74 Å². The number of phenolic OH excluding ortho intramolecular Hbond substituents is 3. The van der Waals surface area contributed by atoms with Crippen LogP contribution in [0, 0.1) is 0 Å². The van der Waals surface area contributed by atoms with Gasteiger partial charge in [0.15, 0.2) is 17.9 Å². The maximum Gasteiger partial charge on any atom is 0.231 e. The van der Waals surface area contributed by atoms with Crippen molar-refractivity contribution in [3.8, 4) is 23.0 Å². The molecule has 0 spiro atoms. The van der Waals surface area contributed by atoms with Crippen LogP contribution in [0.5, 0.6) is 23.0 Å². The average Bonchev–Trinajstić information content (AvgIpc) is 3.15. The van der Waals surface area contributed by atoms with Gasteiger partial charge in [-0.1, -0.05) is 92.0 Å². The van der Waals surface area contributed by atoms with Crippen LogP contribution in [-0.4, -0.2) is 79.7 Å². The molecule has 0 aromatic heterocycles. The van der Waals surface area contributed by atoms with E-state index in [0.29, 0.717) is 6.42 Å². The number of hydrogen-bond acceptors (Lipinski definition) is 11. The summed E-state index contributed by atoms with van der Waals surface area (Å²) >= 11 is 0. The van der Waals surface area contributed by atoms with Crippen LogP contribution in [0.2, 0.25) is 0 Å². The summed E-state index contributed by atoms with van der Waals surface area (Å²) in [5, 5.41) is 61.7. The molecule has 2 aromatic carbocycles. The number of phenols is 3. The summed E-state index contributed by atoms with van der Waals surface area (Å²) in [6, 6.07) is 8.24. The second kappa shape index (κ2) is 24.5. The molecule has 6 N–H and O–H groups in total. The maximum atomic E-state index is 13.2. The summed E-state index contributed by atoms with van der Waals surface area (Å²) in [5.41, 5.74) is 0.446. The minimum Gasteiger partial charge on any atom is -0.508 e. The number of carbonyl (C=O) groups excluding carboxylic acids is 2. The first kappa shape index (κ1) is 43.6. The predicted molar refractivity (Wildman–Crippen MR) is 206 cm³/mol. The number of benzene rings is 2. The van der Waals surface area contributed by atoms with Crippen molar-refractivity contribution < 1.29 is 54.4 Å². The van der Waals surface area contributed by atoms with Crippen molar-refractivity contribution in [1.29, 1.82) is 0 Å². The first-order chi connectivity index (χ1) is 26.1. The minimum atomic E-state index is -1.83. The standard InChI is InChI=1S/C43H54O11/c1-2-3-4-5-6-7-8-9-10-11-12-13-14-15-16-17-18-19-20-21-33(45)30-52-42-40(50)39(49)41(51)43(54-42)53-37-29-34(46)28-36(48)38(37)35(47)27-24-31-22-25-32(44)26-23-31/h3-4,6-7,9-10,12-13,15-16,18-19,22-23,25-26,28-29,39-44,46,48-51H,2,5,8,11,14,17,20-21,24,27,30H2,1H3/b4-3-,7-6-,10-9-,13-12-,16-15-,19-18-/t39-,40-,41+,42-,43+/m0/s1. The van der Waals surface area contributed by atoms with Gasteiger partial charge in [-0.15, -0.1) is 0 Å². The van der Waals surface area contributed by atoms with E-state index < -0.39 is 54.8 Å². The Labute approximate surface area is 317 Å². The molecule has 1 heterocycles. The van der Waals surface area contributed by atoms with Gasteiger partial charge in [0.25, 0.3) is 0 Å². The lowest BCUT2D eigenvalue weighted by Crippen LogP contribution is -2.60. The Hall–Kier alpha value is -4.78. The Morgan fingerprint density at radius 3 is 1.78 bits per heavy atom. The van der Waals surface area contributed by atoms with Crippen molar-refractivity contribution in [3.63, 3.8) is 0 Å². The molecule has 1 saturated heterocycles. The second-order valence-corrected chi connectivity index (χ2v) is 12.7. The molecule has 0 unspecified atom stereocenters. The zero-order valence-electron chi connectivity index (χ0n) is 30.8. The van der Waals surface area contributed by atoms with Crippen LogP contribution in [0.1, 0.15) is 80.6 Å². The van der Waals surface area contributed by atoms with Crippen LogP contribution in [0.25, 0.3) is 0 Å². The third kappa shape index (κ3) is 15.7. The molecule has 3 rings (SSSR count). The van der Waals surface area contributed by atoms with Crippen LogP contribution in [0.4, 0.5) is 0 Å². The summed E-state index contributed by atoms with van der Waals surface area (Å²) in [5.74, 6) is -2.16. The highest BCUT2D eigenvalue weighted by molar-refractivity contribution is 6.01. The molecule has 54 heavy (non-hydrogen) atoms. The maximum absolute atomic E-state index is 13.2. The van der Waals surface area contributed by atoms with Gasteiger partial charge >= 0.3 is 0 Å². The van der Waals surface area contributed by atoms with Crippen molar-refractivity contribution in [2.45, 2.75) is 102 Å². The molecule has 2 aromatic rings. The summed E-state index contributed by atoms with van der Waals surface area (Å²) in [6.07, 6.45) is 22.8. The summed E-state index contributed by atoms with van der Waals surface area (Å²) in [7, 11) is 0. The predicted octanol–water partition coefficient (Wildman–Crippen LogP) is 6.83. The number of aliphatic hydroxyl groups is 3. The van der Waals surface area contributed by atoms with Gasteiger partial charge in [-0.2, -0.15) is 0 Å². The van der Waals surface area contributed by atoms with E-state index in [0.717, 1.165) is 56.2 Å². The Balaban J connectivity index is 1.40. The van der Waals surface area contributed by atoms with E-state index in [1.807, 2.05) is 18.2 Å². The molecule has 292 valence electrons. The fourth-order valence-corrected chi connectivity index (χ4v) is 5.31. The van der Waals surface area contributed by atoms with E-state index in [2.05, 4.69) is 61.6 Å². The fourth-order valence-electron chi connectivity index (χ4n) is 5.31.